The molecule has 0 saturated heterocycles. The van der Waals surface area contributed by atoms with Crippen LogP contribution < -0.4 is 0 Å². The Morgan fingerprint density at radius 2 is 1.75 bits per heavy atom. The van der Waals surface area contributed by atoms with E-state index in [1.165, 1.54) is 0 Å². The maximum Gasteiger partial charge on any atom is 0.264 e. The van der Waals surface area contributed by atoms with Crippen LogP contribution in [0.1, 0.15) is 25.7 Å². The molecule has 5 heteroatoms. The second-order valence-electron chi connectivity index (χ2n) is 2.58. The van der Waals surface area contributed by atoms with Crippen molar-refractivity contribution in [3.8, 4) is 0 Å². The molecular formula is C7H15O4S. The molecule has 73 valence electrons. The molecule has 0 aliphatic heterocycles. The quantitative estimate of drug-likeness (QED) is 0.461. The van der Waals surface area contributed by atoms with Gasteiger partial charge in [-0.25, -0.2) is 0 Å². The average molecular weight is 195 g/mol. The van der Waals surface area contributed by atoms with Gasteiger partial charge in [-0.3, -0.25) is 4.55 Å². The Labute approximate surface area is 73.4 Å². The van der Waals surface area contributed by atoms with E-state index in [2.05, 4.69) is 0 Å². The summed E-state index contributed by atoms with van der Waals surface area (Å²) in [7, 11) is -3.79. The molecule has 2 N–H and O–H groups in total. The second-order valence-corrected chi connectivity index (χ2v) is 4.15. The van der Waals surface area contributed by atoms with Crippen LogP contribution in [0, 0.1) is 6.42 Å². The van der Waals surface area contributed by atoms with Crippen molar-refractivity contribution in [2.75, 3.05) is 12.4 Å². The molecule has 0 unspecified atom stereocenters. The van der Waals surface area contributed by atoms with Gasteiger partial charge >= 0.3 is 0 Å². The van der Waals surface area contributed by atoms with E-state index < -0.39 is 10.1 Å². The van der Waals surface area contributed by atoms with Crippen LogP contribution in [0.5, 0.6) is 0 Å². The van der Waals surface area contributed by atoms with Crippen LogP contribution in [0.25, 0.3) is 0 Å². The summed E-state index contributed by atoms with van der Waals surface area (Å²) in [4.78, 5) is 0. The number of aliphatic hydroxyl groups excluding tert-OH is 1. The smallest absolute Gasteiger partial charge is 0.264 e. The van der Waals surface area contributed by atoms with Gasteiger partial charge in [0, 0.05) is 6.61 Å². The maximum absolute atomic E-state index is 10.2. The van der Waals surface area contributed by atoms with Crippen LogP contribution in [-0.4, -0.2) is 30.4 Å². The van der Waals surface area contributed by atoms with Crippen LogP contribution in [0.4, 0.5) is 0 Å². The van der Waals surface area contributed by atoms with Crippen LogP contribution in [0.15, 0.2) is 0 Å². The van der Waals surface area contributed by atoms with Gasteiger partial charge < -0.3 is 5.11 Å². The zero-order chi connectivity index (χ0) is 9.45. The highest BCUT2D eigenvalue weighted by Gasteiger charge is 2.02. The van der Waals surface area contributed by atoms with Crippen molar-refractivity contribution in [1.29, 1.82) is 0 Å². The molecule has 0 rings (SSSR count). The Kier molecular flexibility index (Phi) is 6.32. The molecule has 0 bridgehead atoms. The standard InChI is InChI=1S/C7H15O4S/c8-6-4-2-1-3-5-7-12(9,10)11/h1,8H,2-7H2,(H,9,10,11). The van der Waals surface area contributed by atoms with Crippen molar-refractivity contribution in [1.82, 2.24) is 0 Å². The normalized spacial score (nSPS) is 11.8. The van der Waals surface area contributed by atoms with E-state index in [9.17, 15) is 8.42 Å². The highest BCUT2D eigenvalue weighted by Crippen LogP contribution is 2.02. The Morgan fingerprint density at radius 3 is 2.25 bits per heavy atom. The molecule has 0 heterocycles. The zero-order valence-corrected chi connectivity index (χ0v) is 7.76. The van der Waals surface area contributed by atoms with Crippen molar-refractivity contribution in [3.05, 3.63) is 6.42 Å². The third kappa shape index (κ3) is 9.87. The lowest BCUT2D eigenvalue weighted by Gasteiger charge is -1.97. The molecule has 0 atom stereocenters. The van der Waals surface area contributed by atoms with Gasteiger partial charge in [0.05, 0.1) is 5.75 Å². The summed E-state index contributed by atoms with van der Waals surface area (Å²) in [5, 5.41) is 8.40. The van der Waals surface area contributed by atoms with Gasteiger partial charge in [0.25, 0.3) is 10.1 Å². The fourth-order valence-electron chi connectivity index (χ4n) is 0.790. The first-order valence-electron chi connectivity index (χ1n) is 3.94. The van der Waals surface area contributed by atoms with Crippen molar-refractivity contribution in [2.45, 2.75) is 25.7 Å². The Morgan fingerprint density at radius 1 is 1.17 bits per heavy atom. The van der Waals surface area contributed by atoms with Crippen molar-refractivity contribution < 1.29 is 18.1 Å². The minimum absolute atomic E-state index is 0.162. The van der Waals surface area contributed by atoms with Crippen molar-refractivity contribution >= 4 is 10.1 Å². The topological polar surface area (TPSA) is 74.6 Å². The number of rotatable bonds is 7. The molecule has 0 aromatic carbocycles. The van der Waals surface area contributed by atoms with Gasteiger partial charge in [-0.2, -0.15) is 8.42 Å². The summed E-state index contributed by atoms with van der Waals surface area (Å²) < 4.78 is 28.8. The summed E-state index contributed by atoms with van der Waals surface area (Å²) in [6.07, 6.45) is 4.54. The first kappa shape index (κ1) is 11.9. The van der Waals surface area contributed by atoms with Gasteiger partial charge in [0.1, 0.15) is 0 Å². The van der Waals surface area contributed by atoms with Crippen molar-refractivity contribution in [3.63, 3.8) is 0 Å². The molecule has 1 radical (unpaired) electrons. The lowest BCUT2D eigenvalue weighted by Crippen LogP contribution is -2.03. The van der Waals surface area contributed by atoms with Gasteiger partial charge in [-0.05, 0) is 32.1 Å². The third-order valence-corrected chi connectivity index (χ3v) is 2.18. The molecular weight excluding hydrogens is 180 g/mol. The van der Waals surface area contributed by atoms with Gasteiger partial charge in [-0.1, -0.05) is 0 Å². The summed E-state index contributed by atoms with van der Waals surface area (Å²) in [5.74, 6) is -0.178. The highest BCUT2D eigenvalue weighted by molar-refractivity contribution is 7.85. The highest BCUT2D eigenvalue weighted by atomic mass is 32.2. The Hall–Kier alpha value is -0.130. The molecule has 0 aliphatic carbocycles. The van der Waals surface area contributed by atoms with E-state index in [1.807, 2.05) is 6.42 Å². The van der Waals surface area contributed by atoms with E-state index in [-0.39, 0.29) is 12.4 Å². The largest absolute Gasteiger partial charge is 0.396 e. The Balaban J connectivity index is 3.12. The zero-order valence-electron chi connectivity index (χ0n) is 6.94. The summed E-state index contributed by atoms with van der Waals surface area (Å²) in [5.41, 5.74) is 0. The van der Waals surface area contributed by atoms with E-state index >= 15 is 0 Å². The molecule has 0 saturated carbocycles. The van der Waals surface area contributed by atoms with Gasteiger partial charge in [0.2, 0.25) is 0 Å². The van der Waals surface area contributed by atoms with E-state index in [0.29, 0.717) is 19.3 Å². The fourth-order valence-corrected chi connectivity index (χ4v) is 1.32. The third-order valence-electron chi connectivity index (χ3n) is 1.38. The minimum Gasteiger partial charge on any atom is -0.396 e. The predicted octanol–water partition coefficient (Wildman–Crippen LogP) is 0.631. The van der Waals surface area contributed by atoms with Crippen molar-refractivity contribution in [2.24, 2.45) is 0 Å². The van der Waals surface area contributed by atoms with Gasteiger partial charge in [0.15, 0.2) is 0 Å². The van der Waals surface area contributed by atoms with E-state index in [0.717, 1.165) is 6.42 Å². The average Bonchev–Trinajstić information content (AvgIpc) is 1.94. The molecule has 12 heavy (non-hydrogen) atoms. The summed E-state index contributed by atoms with van der Waals surface area (Å²) >= 11 is 0. The van der Waals surface area contributed by atoms with E-state index in [1.54, 1.807) is 0 Å². The van der Waals surface area contributed by atoms with Crippen LogP contribution in [0.3, 0.4) is 0 Å². The van der Waals surface area contributed by atoms with Crippen LogP contribution in [-0.2, 0) is 10.1 Å². The lowest BCUT2D eigenvalue weighted by atomic mass is 10.2. The Bertz CT molecular complexity index is 186. The first-order chi connectivity index (χ1) is 5.56. The van der Waals surface area contributed by atoms with Gasteiger partial charge in [-0.15, -0.1) is 0 Å². The molecule has 0 aromatic heterocycles. The molecule has 0 fully saturated rings. The lowest BCUT2D eigenvalue weighted by molar-refractivity contribution is 0.287. The number of hydrogen-bond acceptors (Lipinski definition) is 3. The molecule has 0 aliphatic rings. The number of hydrogen-bond donors (Lipinski definition) is 2. The molecule has 4 nitrogen and oxygen atoms in total. The monoisotopic (exact) mass is 195 g/mol. The van der Waals surface area contributed by atoms with E-state index in [4.69, 9.17) is 9.66 Å². The van der Waals surface area contributed by atoms with Crippen LogP contribution in [0.2, 0.25) is 0 Å². The fraction of sp³-hybridized carbons (Fsp3) is 0.857. The summed E-state index contributed by atoms with van der Waals surface area (Å²) in [6.45, 7) is 0.162. The second kappa shape index (κ2) is 6.39. The predicted molar refractivity (Wildman–Crippen MR) is 46.3 cm³/mol. The molecule has 0 amide bonds. The SMILES string of the molecule is O=S(=O)(O)CCC[CH]CCCO. The number of aliphatic hydroxyl groups is 1. The molecule has 0 spiro atoms. The summed E-state index contributed by atoms with van der Waals surface area (Å²) in [6, 6.07) is 0. The molecule has 0 aromatic rings. The maximum atomic E-state index is 10.2. The minimum atomic E-state index is -3.79. The number of unbranched alkanes of at least 4 members (excludes halogenated alkanes) is 4. The van der Waals surface area contributed by atoms with Crippen LogP contribution >= 0.6 is 0 Å². The first-order valence-corrected chi connectivity index (χ1v) is 5.55.